The molecule has 0 radical (unpaired) electrons. The van der Waals surface area contributed by atoms with Gasteiger partial charge in [0.05, 0.1) is 18.2 Å². The van der Waals surface area contributed by atoms with Gasteiger partial charge in [0.1, 0.15) is 19.0 Å². The third-order valence-electron chi connectivity index (χ3n) is 4.74. The molecule has 2 aliphatic rings. The summed E-state index contributed by atoms with van der Waals surface area (Å²) in [5, 5.41) is 2.96. The fraction of sp³-hybridized carbons (Fsp3) is 0.429. The van der Waals surface area contributed by atoms with E-state index >= 15 is 0 Å². The van der Waals surface area contributed by atoms with Crippen LogP contribution in [0.1, 0.15) is 31.4 Å². The fourth-order valence-electron chi connectivity index (χ4n) is 3.28. The Labute approximate surface area is 164 Å². The highest BCUT2D eigenvalue weighted by atomic mass is 16.6. The molecule has 7 heteroatoms. The third-order valence-corrected chi connectivity index (χ3v) is 4.74. The Morgan fingerprint density at radius 3 is 2.82 bits per heavy atom. The van der Waals surface area contributed by atoms with Crippen molar-refractivity contribution in [1.82, 2.24) is 10.2 Å². The predicted octanol–water partition coefficient (Wildman–Crippen LogP) is 2.94. The Morgan fingerprint density at radius 1 is 1.36 bits per heavy atom. The van der Waals surface area contributed by atoms with Crippen LogP contribution in [0, 0.1) is 0 Å². The Morgan fingerprint density at radius 2 is 2.14 bits per heavy atom. The number of carbonyl (C=O) groups is 2. The Hall–Kier alpha value is -2.80. The number of rotatable bonds is 9. The maximum atomic E-state index is 12.9. The maximum absolute atomic E-state index is 12.9. The molecule has 1 N–H and O–H groups in total. The normalized spacial score (nSPS) is 19.3. The second-order valence-corrected chi connectivity index (χ2v) is 6.78. The van der Waals surface area contributed by atoms with Crippen LogP contribution in [0.5, 0.6) is 5.75 Å². The van der Waals surface area contributed by atoms with Crippen molar-refractivity contribution in [2.45, 2.75) is 31.8 Å². The van der Waals surface area contributed by atoms with Crippen LogP contribution < -0.4 is 10.1 Å². The quantitative estimate of drug-likeness (QED) is 0.401. The molecule has 0 unspecified atom stereocenters. The van der Waals surface area contributed by atoms with E-state index in [0.29, 0.717) is 30.2 Å². The van der Waals surface area contributed by atoms with Crippen LogP contribution in [0.4, 0.5) is 4.79 Å². The molecule has 0 saturated heterocycles. The number of carbonyl (C=O) groups excluding carboxylic acids is 2. The number of methoxy groups -OCH3 is 1. The van der Waals surface area contributed by atoms with Crippen LogP contribution >= 0.6 is 0 Å². The molecular weight excluding hydrogens is 360 g/mol. The highest BCUT2D eigenvalue weighted by Gasteiger charge is 2.42. The fourth-order valence-corrected chi connectivity index (χ4v) is 3.28. The molecule has 0 aromatic heterocycles. The topological polar surface area (TPSA) is 77.1 Å². The molecule has 1 atom stereocenters. The zero-order valence-electron chi connectivity index (χ0n) is 16.3. The average Bonchev–Trinajstić information content (AvgIpc) is 3.51. The number of benzene rings is 1. The molecule has 1 fully saturated rings. The average molecular weight is 386 g/mol. The zero-order chi connectivity index (χ0) is 20.1. The summed E-state index contributed by atoms with van der Waals surface area (Å²) in [6, 6.07) is 6.66. The first-order valence-electron chi connectivity index (χ1n) is 9.37. The van der Waals surface area contributed by atoms with Gasteiger partial charge in [-0.15, -0.1) is 0 Å². The molecule has 1 saturated carbocycles. The number of nitrogens with zero attached hydrogens (tertiary/aromatic N) is 1. The van der Waals surface area contributed by atoms with Gasteiger partial charge in [-0.05, 0) is 37.5 Å². The van der Waals surface area contributed by atoms with Crippen molar-refractivity contribution in [2.24, 2.45) is 0 Å². The van der Waals surface area contributed by atoms with Gasteiger partial charge in [-0.3, -0.25) is 4.90 Å². The number of nitrogens with one attached hydrogen (secondary N) is 1. The molecule has 1 aromatic rings. The lowest BCUT2D eigenvalue weighted by atomic mass is 9.94. The van der Waals surface area contributed by atoms with E-state index in [0.717, 1.165) is 18.4 Å². The number of urea groups is 1. The summed E-state index contributed by atoms with van der Waals surface area (Å²) in [5.41, 5.74) is 1.82. The van der Waals surface area contributed by atoms with Crippen LogP contribution in [0.3, 0.4) is 0 Å². The number of hydrogen-bond acceptors (Lipinski definition) is 5. The molecule has 1 aliphatic carbocycles. The largest absolute Gasteiger partial charge is 0.490 e. The maximum Gasteiger partial charge on any atom is 0.338 e. The van der Waals surface area contributed by atoms with Gasteiger partial charge in [-0.25, -0.2) is 9.59 Å². The van der Waals surface area contributed by atoms with Gasteiger partial charge in [0.2, 0.25) is 0 Å². The van der Waals surface area contributed by atoms with E-state index < -0.39 is 12.0 Å². The van der Waals surface area contributed by atoms with Crippen molar-refractivity contribution in [3.8, 4) is 5.75 Å². The molecule has 150 valence electrons. The van der Waals surface area contributed by atoms with Crippen LogP contribution in [0.25, 0.3) is 0 Å². The lowest BCUT2D eigenvalue weighted by Crippen LogP contribution is -2.49. The van der Waals surface area contributed by atoms with E-state index in [-0.39, 0.29) is 18.7 Å². The van der Waals surface area contributed by atoms with Gasteiger partial charge in [0.15, 0.2) is 0 Å². The zero-order valence-corrected chi connectivity index (χ0v) is 16.3. The summed E-state index contributed by atoms with van der Waals surface area (Å²) >= 11 is 0. The molecule has 0 bridgehead atoms. The Kier molecular flexibility index (Phi) is 6.36. The van der Waals surface area contributed by atoms with Gasteiger partial charge >= 0.3 is 12.0 Å². The lowest BCUT2D eigenvalue weighted by Gasteiger charge is -2.35. The Balaban J connectivity index is 1.94. The van der Waals surface area contributed by atoms with Gasteiger partial charge in [-0.1, -0.05) is 24.8 Å². The smallest absolute Gasteiger partial charge is 0.338 e. The second-order valence-electron chi connectivity index (χ2n) is 6.78. The molecule has 1 heterocycles. The minimum Gasteiger partial charge on any atom is -0.490 e. The monoisotopic (exact) mass is 386 g/mol. The molecule has 2 amide bonds. The molecule has 7 nitrogen and oxygen atoms in total. The number of allylic oxidation sites excluding steroid dienone is 1. The van der Waals surface area contributed by atoms with E-state index in [4.69, 9.17) is 14.2 Å². The van der Waals surface area contributed by atoms with Gasteiger partial charge in [0, 0.05) is 18.8 Å². The highest BCUT2D eigenvalue weighted by Crippen LogP contribution is 2.38. The summed E-state index contributed by atoms with van der Waals surface area (Å²) in [4.78, 5) is 27.2. The van der Waals surface area contributed by atoms with Crippen molar-refractivity contribution >= 4 is 12.0 Å². The minimum atomic E-state index is -0.607. The Bertz CT molecular complexity index is 785. The number of amides is 2. The second kappa shape index (κ2) is 8.93. The third kappa shape index (κ3) is 4.36. The summed E-state index contributed by atoms with van der Waals surface area (Å²) in [6.07, 6.45) is 3.53. The first-order valence-corrected chi connectivity index (χ1v) is 9.37. The van der Waals surface area contributed by atoms with Crippen molar-refractivity contribution < 1.29 is 23.8 Å². The standard InChI is InChI=1S/C21H26N2O5/c1-4-10-27-17-7-5-6-15(13-17)19-18(20(24)28-12-11-26-3)14(2)23(16-8-9-16)21(25)22-19/h4-7,13,16,19H,1,8-12H2,2-3H3,(H,22,25)/t19-/m1/s1. The summed E-state index contributed by atoms with van der Waals surface area (Å²) in [6.45, 7) is 6.28. The molecule has 1 aliphatic heterocycles. The van der Waals surface area contributed by atoms with E-state index in [1.165, 1.54) is 0 Å². The van der Waals surface area contributed by atoms with Gasteiger partial charge in [0.25, 0.3) is 0 Å². The molecule has 28 heavy (non-hydrogen) atoms. The lowest BCUT2D eigenvalue weighted by molar-refractivity contribution is -0.140. The summed E-state index contributed by atoms with van der Waals surface area (Å²) in [7, 11) is 1.55. The van der Waals surface area contributed by atoms with Crippen LogP contribution in [-0.4, -0.2) is 49.9 Å². The number of esters is 1. The highest BCUT2D eigenvalue weighted by molar-refractivity contribution is 5.95. The first-order chi connectivity index (χ1) is 13.6. The number of ether oxygens (including phenoxy) is 3. The van der Waals surface area contributed by atoms with Crippen molar-refractivity contribution in [2.75, 3.05) is 26.9 Å². The van der Waals surface area contributed by atoms with Crippen LogP contribution in [-0.2, 0) is 14.3 Å². The molecular formula is C21H26N2O5. The van der Waals surface area contributed by atoms with Crippen molar-refractivity contribution in [3.63, 3.8) is 0 Å². The SMILES string of the molecule is C=CCOc1cccc([C@H]2NC(=O)N(C3CC3)C(C)=C2C(=O)OCCOC)c1. The van der Waals surface area contributed by atoms with Crippen molar-refractivity contribution in [1.29, 1.82) is 0 Å². The van der Waals surface area contributed by atoms with Gasteiger partial charge < -0.3 is 19.5 Å². The summed E-state index contributed by atoms with van der Waals surface area (Å²) in [5.74, 6) is 0.184. The molecule has 3 rings (SSSR count). The van der Waals surface area contributed by atoms with Gasteiger partial charge in [-0.2, -0.15) is 0 Å². The van der Waals surface area contributed by atoms with E-state index in [1.807, 2.05) is 24.3 Å². The van der Waals surface area contributed by atoms with Crippen molar-refractivity contribution in [3.05, 3.63) is 53.8 Å². The molecule has 1 aromatic carbocycles. The minimum absolute atomic E-state index is 0.144. The van der Waals surface area contributed by atoms with Crippen LogP contribution in [0.2, 0.25) is 0 Å². The summed E-state index contributed by atoms with van der Waals surface area (Å²) < 4.78 is 15.9. The predicted molar refractivity (Wildman–Crippen MR) is 104 cm³/mol. The molecule has 0 spiro atoms. The van der Waals surface area contributed by atoms with E-state index in [1.54, 1.807) is 25.0 Å². The number of hydrogen-bond donors (Lipinski definition) is 1. The first kappa shape index (κ1) is 19.9. The van der Waals surface area contributed by atoms with Crippen LogP contribution in [0.15, 0.2) is 48.2 Å². The van der Waals surface area contributed by atoms with E-state index in [9.17, 15) is 9.59 Å². The van der Waals surface area contributed by atoms with E-state index in [2.05, 4.69) is 11.9 Å².